The standard InChI is InChI=1S/C31H35F2N7O4/c1-18-15-39(16-25(34)30(18)38(2)31(41)42-3)27-6-8-35-13-19(27)10-28-36-14-20-4-5-26(37-40(20)28)29-23(32)11-22(12-24(29)33)44-21-7-9-43-17-21/h4-6,8,11-14,18,21,25,30H,7,9-10,15-17,34H2,1-3H3/t18-,21?,25+,30-/m0/s1. The number of rotatable bonds is 7. The third-order valence-corrected chi connectivity index (χ3v) is 8.36. The molecule has 44 heavy (non-hydrogen) atoms. The van der Waals surface area contributed by atoms with Gasteiger partial charge in [0.25, 0.3) is 0 Å². The van der Waals surface area contributed by atoms with E-state index in [4.69, 9.17) is 19.9 Å². The molecule has 3 aromatic heterocycles. The number of methoxy groups -OCH3 is 1. The largest absolute Gasteiger partial charge is 0.488 e. The molecular weight excluding hydrogens is 572 g/mol. The van der Waals surface area contributed by atoms with Gasteiger partial charge < -0.3 is 29.7 Å². The predicted octanol–water partition coefficient (Wildman–Crippen LogP) is 3.68. The number of ether oxygens (including phenoxy) is 3. The number of benzene rings is 1. The van der Waals surface area contributed by atoms with Gasteiger partial charge in [0, 0.05) is 74.8 Å². The van der Waals surface area contributed by atoms with E-state index in [1.807, 2.05) is 6.07 Å². The molecule has 0 saturated carbocycles. The highest BCUT2D eigenvalue weighted by Crippen LogP contribution is 2.32. The summed E-state index contributed by atoms with van der Waals surface area (Å²) in [6.07, 6.45) is 5.55. The zero-order valence-electron chi connectivity index (χ0n) is 24.8. The first kappa shape index (κ1) is 29.7. The SMILES string of the molecule is COC(=O)N(C)[C@@H]1[C@H](N)CN(c2ccncc2Cc2ncc3ccc(-c4c(F)cc(OC5CCOC5)cc4F)nn23)C[C@@H]1C. The quantitative estimate of drug-likeness (QED) is 0.336. The predicted molar refractivity (Wildman–Crippen MR) is 159 cm³/mol. The summed E-state index contributed by atoms with van der Waals surface area (Å²) in [5, 5.41) is 4.59. The number of carbonyl (C=O) groups is 1. The first-order chi connectivity index (χ1) is 21.2. The first-order valence-electron chi connectivity index (χ1n) is 14.5. The van der Waals surface area contributed by atoms with E-state index in [1.54, 1.807) is 47.2 Å². The Bertz CT molecular complexity index is 1630. The van der Waals surface area contributed by atoms with E-state index >= 15 is 8.78 Å². The van der Waals surface area contributed by atoms with Crippen LogP contribution in [0.3, 0.4) is 0 Å². The lowest BCUT2D eigenvalue weighted by molar-refractivity contribution is 0.0905. The maximum atomic E-state index is 15.2. The van der Waals surface area contributed by atoms with Gasteiger partial charge in [-0.2, -0.15) is 5.10 Å². The van der Waals surface area contributed by atoms with Crippen LogP contribution in [0.15, 0.2) is 48.9 Å². The number of aromatic nitrogens is 4. The molecule has 2 fully saturated rings. The van der Waals surface area contributed by atoms with Gasteiger partial charge in [0.1, 0.15) is 29.3 Å². The molecule has 232 valence electrons. The van der Waals surface area contributed by atoms with Crippen LogP contribution in [0.5, 0.6) is 5.75 Å². The third kappa shape index (κ3) is 5.76. The number of amides is 1. The summed E-state index contributed by atoms with van der Waals surface area (Å²) in [5.74, 6) is -0.783. The molecule has 1 aromatic carbocycles. The summed E-state index contributed by atoms with van der Waals surface area (Å²) in [6.45, 7) is 4.19. The highest BCUT2D eigenvalue weighted by molar-refractivity contribution is 5.68. The third-order valence-electron chi connectivity index (χ3n) is 8.36. The van der Waals surface area contributed by atoms with Gasteiger partial charge in [0.05, 0.1) is 49.3 Å². The molecule has 0 radical (unpaired) electrons. The van der Waals surface area contributed by atoms with E-state index < -0.39 is 17.7 Å². The number of pyridine rings is 1. The molecule has 13 heteroatoms. The lowest BCUT2D eigenvalue weighted by atomic mass is 9.88. The Morgan fingerprint density at radius 3 is 2.68 bits per heavy atom. The number of anilines is 1. The van der Waals surface area contributed by atoms with Crippen LogP contribution in [0.25, 0.3) is 16.8 Å². The van der Waals surface area contributed by atoms with E-state index in [0.29, 0.717) is 50.5 Å². The van der Waals surface area contributed by atoms with Crippen molar-refractivity contribution in [1.82, 2.24) is 24.5 Å². The lowest BCUT2D eigenvalue weighted by Crippen LogP contribution is -2.62. The van der Waals surface area contributed by atoms with E-state index in [1.165, 1.54) is 19.2 Å². The zero-order chi connectivity index (χ0) is 31.0. The summed E-state index contributed by atoms with van der Waals surface area (Å²) < 4.78 is 48.0. The van der Waals surface area contributed by atoms with Gasteiger partial charge in [-0.1, -0.05) is 6.92 Å². The summed E-state index contributed by atoms with van der Waals surface area (Å²) in [5.41, 5.74) is 8.98. The molecular formula is C31H35F2N7O4. The van der Waals surface area contributed by atoms with Crippen LogP contribution in [0.2, 0.25) is 0 Å². The first-order valence-corrected chi connectivity index (χ1v) is 14.5. The van der Waals surface area contributed by atoms with Crippen LogP contribution in [-0.4, -0.2) is 89.2 Å². The highest BCUT2D eigenvalue weighted by atomic mass is 19.1. The maximum absolute atomic E-state index is 15.2. The van der Waals surface area contributed by atoms with E-state index in [9.17, 15) is 4.79 Å². The minimum absolute atomic E-state index is 0.0634. The maximum Gasteiger partial charge on any atom is 0.409 e. The van der Waals surface area contributed by atoms with Gasteiger partial charge in [-0.05, 0) is 24.1 Å². The van der Waals surface area contributed by atoms with Crippen LogP contribution in [0.4, 0.5) is 19.3 Å². The van der Waals surface area contributed by atoms with Crippen molar-refractivity contribution in [3.05, 3.63) is 71.9 Å². The van der Waals surface area contributed by atoms with Crippen LogP contribution in [0.1, 0.15) is 24.7 Å². The van der Waals surface area contributed by atoms with Gasteiger partial charge in [-0.15, -0.1) is 0 Å². The van der Waals surface area contributed by atoms with Crippen molar-refractivity contribution < 1.29 is 27.8 Å². The molecule has 0 aliphatic carbocycles. The number of halogens is 2. The molecule has 1 amide bonds. The van der Waals surface area contributed by atoms with Gasteiger partial charge in [-0.3, -0.25) is 4.98 Å². The Hall–Kier alpha value is -4.36. The molecule has 5 heterocycles. The zero-order valence-corrected chi connectivity index (χ0v) is 24.8. The number of likely N-dealkylation sites (N-methyl/N-ethyl adjacent to an activating group) is 1. The fourth-order valence-corrected chi connectivity index (χ4v) is 6.33. The van der Waals surface area contributed by atoms with Crippen molar-refractivity contribution in [1.29, 1.82) is 0 Å². The van der Waals surface area contributed by atoms with Gasteiger partial charge in [-0.25, -0.2) is 23.1 Å². The number of fused-ring (bicyclic) bond motifs is 1. The Balaban J connectivity index is 1.26. The number of piperidine rings is 1. The number of nitrogens with zero attached hydrogens (tertiary/aromatic N) is 6. The van der Waals surface area contributed by atoms with Crippen LogP contribution < -0.4 is 15.4 Å². The Kier molecular flexibility index (Phi) is 8.32. The van der Waals surface area contributed by atoms with Gasteiger partial charge in [0.15, 0.2) is 0 Å². The summed E-state index contributed by atoms with van der Waals surface area (Å²) in [4.78, 5) is 24.9. The normalized spacial score (nSPS) is 21.9. The van der Waals surface area contributed by atoms with Crippen LogP contribution in [-0.2, 0) is 15.9 Å². The molecule has 2 aliphatic heterocycles. The smallest absolute Gasteiger partial charge is 0.409 e. The van der Waals surface area contributed by atoms with Crippen molar-refractivity contribution in [3.8, 4) is 17.0 Å². The van der Waals surface area contributed by atoms with Crippen molar-refractivity contribution in [2.24, 2.45) is 11.7 Å². The molecule has 0 spiro atoms. The van der Waals surface area contributed by atoms with Gasteiger partial charge >= 0.3 is 6.09 Å². The fourth-order valence-electron chi connectivity index (χ4n) is 6.33. The Morgan fingerprint density at radius 1 is 1.18 bits per heavy atom. The highest BCUT2D eigenvalue weighted by Gasteiger charge is 2.38. The average Bonchev–Trinajstić information content (AvgIpc) is 3.66. The molecule has 4 aromatic rings. The topological polar surface area (TPSA) is 120 Å². The number of nitrogens with two attached hydrogens (primary N) is 1. The number of carbonyl (C=O) groups excluding carboxylic acids is 1. The molecule has 1 unspecified atom stereocenters. The van der Waals surface area contributed by atoms with Crippen LogP contribution >= 0.6 is 0 Å². The molecule has 6 rings (SSSR count). The van der Waals surface area contributed by atoms with E-state index in [2.05, 4.69) is 26.9 Å². The number of imidazole rings is 1. The molecule has 2 aliphatic rings. The fraction of sp³-hybridized carbons (Fsp3) is 0.419. The monoisotopic (exact) mass is 607 g/mol. The van der Waals surface area contributed by atoms with Crippen molar-refractivity contribution in [2.75, 3.05) is 45.4 Å². The molecule has 2 saturated heterocycles. The van der Waals surface area contributed by atoms with Gasteiger partial charge in [0.2, 0.25) is 0 Å². The van der Waals surface area contributed by atoms with E-state index in [-0.39, 0.29) is 41.1 Å². The second-order valence-electron chi connectivity index (χ2n) is 11.4. The molecule has 11 nitrogen and oxygen atoms in total. The lowest BCUT2D eigenvalue weighted by Gasteiger charge is -2.45. The molecule has 4 atom stereocenters. The summed E-state index contributed by atoms with van der Waals surface area (Å²) in [6, 6.07) is 7.09. The Labute approximate surface area is 253 Å². The summed E-state index contributed by atoms with van der Waals surface area (Å²) in [7, 11) is 3.06. The molecule has 2 N–H and O–H groups in total. The molecule has 0 bridgehead atoms. The minimum atomic E-state index is -0.770. The minimum Gasteiger partial charge on any atom is -0.488 e. The Morgan fingerprint density at radius 2 is 1.98 bits per heavy atom. The summed E-state index contributed by atoms with van der Waals surface area (Å²) >= 11 is 0. The average molecular weight is 608 g/mol. The van der Waals surface area contributed by atoms with Crippen molar-refractivity contribution in [2.45, 2.75) is 38.0 Å². The second kappa shape index (κ2) is 12.3. The number of hydrogen-bond donors (Lipinski definition) is 1. The van der Waals surface area contributed by atoms with Crippen LogP contribution in [0, 0.1) is 17.6 Å². The van der Waals surface area contributed by atoms with Crippen molar-refractivity contribution >= 4 is 17.3 Å². The second-order valence-corrected chi connectivity index (χ2v) is 11.4. The number of hydrogen-bond acceptors (Lipinski definition) is 9. The van der Waals surface area contributed by atoms with Crippen molar-refractivity contribution in [3.63, 3.8) is 0 Å². The van der Waals surface area contributed by atoms with E-state index in [0.717, 1.165) is 11.3 Å².